The molecule has 2 aromatic rings. The van der Waals surface area contributed by atoms with E-state index in [1.807, 2.05) is 6.07 Å². The predicted octanol–water partition coefficient (Wildman–Crippen LogP) is 2.83. The molecule has 0 saturated carbocycles. The molecule has 3 nitrogen and oxygen atoms in total. The average Bonchev–Trinajstić information content (AvgIpc) is 2.42. The first-order valence-corrected chi connectivity index (χ1v) is 8.50. The van der Waals surface area contributed by atoms with Gasteiger partial charge in [0.05, 0.1) is 4.90 Å². The summed E-state index contributed by atoms with van der Waals surface area (Å²) in [5, 5.41) is 3.25. The molecule has 21 heavy (non-hydrogen) atoms. The number of nitrogens with one attached hydrogen (secondary N) is 1. The zero-order valence-corrected chi connectivity index (χ0v) is 12.9. The number of hydrogen-bond acceptors (Lipinski definition) is 3. The molecule has 0 saturated heterocycles. The number of halogens is 1. The number of sulfone groups is 1. The van der Waals surface area contributed by atoms with Crippen LogP contribution in [0.3, 0.4) is 0 Å². The first kappa shape index (κ1) is 15.7. The highest BCUT2D eigenvalue weighted by atomic mass is 32.2. The second kappa shape index (κ2) is 6.37. The minimum atomic E-state index is -3.15. The van der Waals surface area contributed by atoms with E-state index in [-0.39, 0.29) is 5.82 Å². The lowest BCUT2D eigenvalue weighted by Gasteiger charge is -2.07. The van der Waals surface area contributed by atoms with Crippen LogP contribution in [-0.2, 0) is 22.9 Å². The van der Waals surface area contributed by atoms with Crippen molar-refractivity contribution < 1.29 is 12.8 Å². The van der Waals surface area contributed by atoms with Crippen LogP contribution in [0, 0.1) is 12.7 Å². The van der Waals surface area contributed by atoms with Crippen molar-refractivity contribution in [1.82, 2.24) is 5.32 Å². The fraction of sp³-hybridized carbons (Fsp3) is 0.250. The monoisotopic (exact) mass is 307 g/mol. The topological polar surface area (TPSA) is 46.2 Å². The smallest absolute Gasteiger partial charge is 0.175 e. The maximum absolute atomic E-state index is 13.2. The Bertz CT molecular complexity index is 724. The van der Waals surface area contributed by atoms with Crippen molar-refractivity contribution in [1.29, 1.82) is 0 Å². The molecular weight excluding hydrogens is 289 g/mol. The van der Waals surface area contributed by atoms with E-state index in [0.29, 0.717) is 23.5 Å². The van der Waals surface area contributed by atoms with E-state index in [2.05, 4.69) is 5.32 Å². The van der Waals surface area contributed by atoms with E-state index < -0.39 is 9.84 Å². The van der Waals surface area contributed by atoms with Gasteiger partial charge < -0.3 is 5.32 Å². The van der Waals surface area contributed by atoms with Gasteiger partial charge in [0.2, 0.25) is 0 Å². The molecule has 0 aliphatic heterocycles. The summed E-state index contributed by atoms with van der Waals surface area (Å²) in [5.41, 5.74) is 2.65. The fourth-order valence-electron chi connectivity index (χ4n) is 2.02. The Morgan fingerprint density at radius 2 is 1.57 bits per heavy atom. The number of aryl methyl sites for hydroxylation is 1. The molecule has 2 rings (SSSR count). The molecule has 0 spiro atoms. The summed E-state index contributed by atoms with van der Waals surface area (Å²) in [6.45, 7) is 3.00. The molecular formula is C16H18FNO2S. The molecule has 0 fully saturated rings. The molecule has 0 bridgehead atoms. The largest absolute Gasteiger partial charge is 0.309 e. The second-order valence-electron chi connectivity index (χ2n) is 5.10. The van der Waals surface area contributed by atoms with E-state index in [0.717, 1.165) is 11.1 Å². The number of benzene rings is 2. The van der Waals surface area contributed by atoms with E-state index in [1.54, 1.807) is 37.3 Å². The molecule has 1 N–H and O–H groups in total. The summed E-state index contributed by atoms with van der Waals surface area (Å²) in [6.07, 6.45) is 1.19. The van der Waals surface area contributed by atoms with Gasteiger partial charge in [-0.15, -0.1) is 0 Å². The van der Waals surface area contributed by atoms with Crippen LogP contribution in [0.2, 0.25) is 0 Å². The second-order valence-corrected chi connectivity index (χ2v) is 7.12. The summed E-state index contributed by atoms with van der Waals surface area (Å²) >= 11 is 0. The zero-order valence-electron chi connectivity index (χ0n) is 12.1. The van der Waals surface area contributed by atoms with Gasteiger partial charge in [0, 0.05) is 19.3 Å². The van der Waals surface area contributed by atoms with Crippen molar-refractivity contribution in [3.05, 3.63) is 65.0 Å². The molecule has 0 aliphatic carbocycles. The Balaban J connectivity index is 1.93. The summed E-state index contributed by atoms with van der Waals surface area (Å²) in [6, 6.07) is 11.8. The minimum Gasteiger partial charge on any atom is -0.309 e. The number of rotatable bonds is 5. The van der Waals surface area contributed by atoms with E-state index in [9.17, 15) is 12.8 Å². The molecule has 0 radical (unpaired) electrons. The number of hydrogen-bond donors (Lipinski definition) is 1. The third-order valence-electron chi connectivity index (χ3n) is 3.23. The van der Waals surface area contributed by atoms with E-state index in [1.165, 1.54) is 12.3 Å². The van der Waals surface area contributed by atoms with Crippen LogP contribution < -0.4 is 5.32 Å². The Kier molecular flexibility index (Phi) is 4.75. The van der Waals surface area contributed by atoms with Crippen LogP contribution in [-0.4, -0.2) is 14.7 Å². The fourth-order valence-corrected chi connectivity index (χ4v) is 2.65. The predicted molar refractivity (Wildman–Crippen MR) is 81.2 cm³/mol. The average molecular weight is 307 g/mol. The van der Waals surface area contributed by atoms with Crippen LogP contribution in [0.1, 0.15) is 16.7 Å². The SMILES string of the molecule is Cc1cc(CNCc2ccc(S(C)(=O)=O)cc2)ccc1F. The van der Waals surface area contributed by atoms with Crippen molar-refractivity contribution in [3.63, 3.8) is 0 Å². The van der Waals surface area contributed by atoms with Gasteiger partial charge in [-0.1, -0.05) is 24.3 Å². The first-order valence-electron chi connectivity index (χ1n) is 6.61. The summed E-state index contributed by atoms with van der Waals surface area (Å²) in [5.74, 6) is -0.199. The summed E-state index contributed by atoms with van der Waals surface area (Å²) in [7, 11) is -3.15. The Morgan fingerprint density at radius 3 is 2.14 bits per heavy atom. The highest BCUT2D eigenvalue weighted by Gasteiger charge is 2.06. The Hall–Kier alpha value is -1.72. The van der Waals surface area contributed by atoms with Gasteiger partial charge >= 0.3 is 0 Å². The lowest BCUT2D eigenvalue weighted by atomic mass is 10.1. The van der Waals surface area contributed by atoms with Gasteiger partial charge in [0.25, 0.3) is 0 Å². The molecule has 0 aliphatic rings. The molecule has 0 atom stereocenters. The van der Waals surface area contributed by atoms with Crippen LogP contribution >= 0.6 is 0 Å². The van der Waals surface area contributed by atoms with Crippen molar-refractivity contribution in [2.24, 2.45) is 0 Å². The summed E-state index contributed by atoms with van der Waals surface area (Å²) in [4.78, 5) is 0.320. The van der Waals surface area contributed by atoms with Gasteiger partial charge in [-0.3, -0.25) is 0 Å². The Labute approximate surface area is 124 Å². The highest BCUT2D eigenvalue weighted by molar-refractivity contribution is 7.90. The van der Waals surface area contributed by atoms with Crippen molar-refractivity contribution in [2.45, 2.75) is 24.9 Å². The van der Waals surface area contributed by atoms with Crippen LogP contribution in [0.15, 0.2) is 47.4 Å². The van der Waals surface area contributed by atoms with Crippen molar-refractivity contribution >= 4 is 9.84 Å². The van der Waals surface area contributed by atoms with Gasteiger partial charge in [-0.25, -0.2) is 12.8 Å². The molecule has 0 heterocycles. The maximum Gasteiger partial charge on any atom is 0.175 e. The molecule has 2 aromatic carbocycles. The normalized spacial score (nSPS) is 11.6. The summed E-state index contributed by atoms with van der Waals surface area (Å²) < 4.78 is 35.9. The van der Waals surface area contributed by atoms with E-state index >= 15 is 0 Å². The lowest BCUT2D eigenvalue weighted by molar-refractivity contribution is 0.601. The molecule has 5 heteroatoms. The first-order chi connectivity index (χ1) is 9.86. The van der Waals surface area contributed by atoms with Gasteiger partial charge in [-0.05, 0) is 41.8 Å². The third kappa shape index (κ3) is 4.37. The van der Waals surface area contributed by atoms with Gasteiger partial charge in [-0.2, -0.15) is 0 Å². The van der Waals surface area contributed by atoms with Crippen molar-refractivity contribution in [2.75, 3.05) is 6.26 Å². The zero-order chi connectivity index (χ0) is 15.5. The minimum absolute atomic E-state index is 0.199. The molecule has 0 amide bonds. The maximum atomic E-state index is 13.2. The quantitative estimate of drug-likeness (QED) is 0.924. The van der Waals surface area contributed by atoms with Crippen LogP contribution in [0.25, 0.3) is 0 Å². The molecule has 0 unspecified atom stereocenters. The van der Waals surface area contributed by atoms with Crippen LogP contribution in [0.5, 0.6) is 0 Å². The van der Waals surface area contributed by atoms with Crippen molar-refractivity contribution in [3.8, 4) is 0 Å². The third-order valence-corrected chi connectivity index (χ3v) is 4.36. The van der Waals surface area contributed by atoms with Gasteiger partial charge in [0.15, 0.2) is 9.84 Å². The van der Waals surface area contributed by atoms with E-state index in [4.69, 9.17) is 0 Å². The molecule has 0 aromatic heterocycles. The highest BCUT2D eigenvalue weighted by Crippen LogP contribution is 2.11. The lowest BCUT2D eigenvalue weighted by Crippen LogP contribution is -2.13. The van der Waals surface area contributed by atoms with Gasteiger partial charge in [0.1, 0.15) is 5.82 Å². The standard InChI is InChI=1S/C16H18FNO2S/c1-12-9-14(5-8-16(12)17)11-18-10-13-3-6-15(7-4-13)21(2,19)20/h3-9,18H,10-11H2,1-2H3. The molecule has 112 valence electrons. The Morgan fingerprint density at radius 1 is 1.00 bits per heavy atom. The van der Waals surface area contributed by atoms with Crippen LogP contribution in [0.4, 0.5) is 4.39 Å².